The van der Waals surface area contributed by atoms with Gasteiger partial charge in [-0.15, -0.1) is 0 Å². The highest BCUT2D eigenvalue weighted by Crippen LogP contribution is 2.33. The molecule has 0 aliphatic heterocycles. The summed E-state index contributed by atoms with van der Waals surface area (Å²) in [6.45, 7) is 1.71. The van der Waals surface area contributed by atoms with Crippen LogP contribution >= 0.6 is 0 Å². The minimum Gasteiger partial charge on any atom is -0.478 e. The maximum Gasteiger partial charge on any atom is 0.339 e. The summed E-state index contributed by atoms with van der Waals surface area (Å²) in [5.41, 5.74) is 0.355. The summed E-state index contributed by atoms with van der Waals surface area (Å²) >= 11 is 0. The van der Waals surface area contributed by atoms with E-state index < -0.39 is 10.9 Å². The molecule has 1 aromatic carbocycles. The molecule has 0 saturated heterocycles. The van der Waals surface area contributed by atoms with Gasteiger partial charge in [0.2, 0.25) is 5.75 Å². The van der Waals surface area contributed by atoms with Gasteiger partial charge < -0.3 is 9.84 Å². The Kier molecular flexibility index (Phi) is 3.60. The van der Waals surface area contributed by atoms with E-state index in [9.17, 15) is 14.9 Å². The number of nitro benzene ring substituents is 1. The summed E-state index contributed by atoms with van der Waals surface area (Å²) in [7, 11) is 0. The minimum absolute atomic E-state index is 0.0314. The molecule has 2 rings (SSSR count). The first kappa shape index (κ1) is 13.5. The fraction of sp³-hybridized carbons (Fsp3) is 0.0769. The van der Waals surface area contributed by atoms with E-state index in [1.807, 2.05) is 0 Å². The third-order valence-corrected chi connectivity index (χ3v) is 2.55. The van der Waals surface area contributed by atoms with Crippen molar-refractivity contribution in [2.45, 2.75) is 6.92 Å². The van der Waals surface area contributed by atoms with Gasteiger partial charge in [0.15, 0.2) is 5.75 Å². The average Bonchev–Trinajstić information content (AvgIpc) is 2.41. The van der Waals surface area contributed by atoms with Crippen molar-refractivity contribution in [2.75, 3.05) is 0 Å². The summed E-state index contributed by atoms with van der Waals surface area (Å²) < 4.78 is 5.33. The van der Waals surface area contributed by atoms with Crippen molar-refractivity contribution in [1.82, 2.24) is 4.98 Å². The van der Waals surface area contributed by atoms with E-state index in [0.717, 1.165) is 0 Å². The lowest BCUT2D eigenvalue weighted by Gasteiger charge is -2.08. The summed E-state index contributed by atoms with van der Waals surface area (Å²) in [5.74, 6) is -1.28. The van der Waals surface area contributed by atoms with Crippen LogP contribution in [0.15, 0.2) is 36.7 Å². The van der Waals surface area contributed by atoms with Crippen LogP contribution in [0.1, 0.15) is 15.9 Å². The topological polar surface area (TPSA) is 103 Å². The molecule has 7 heteroatoms. The molecular formula is C13H10N2O5. The molecule has 20 heavy (non-hydrogen) atoms. The van der Waals surface area contributed by atoms with Crippen molar-refractivity contribution < 1.29 is 19.6 Å². The predicted octanol–water partition coefficient (Wildman–Crippen LogP) is 2.79. The lowest BCUT2D eigenvalue weighted by molar-refractivity contribution is -0.385. The number of pyridine rings is 1. The predicted molar refractivity (Wildman–Crippen MR) is 69.1 cm³/mol. The van der Waals surface area contributed by atoms with Crippen LogP contribution in [-0.2, 0) is 0 Å². The van der Waals surface area contributed by atoms with Crippen molar-refractivity contribution in [3.63, 3.8) is 0 Å². The molecule has 0 unspecified atom stereocenters. The van der Waals surface area contributed by atoms with Gasteiger partial charge in [-0.2, -0.15) is 0 Å². The Hall–Kier alpha value is -2.96. The quantitative estimate of drug-likeness (QED) is 0.679. The van der Waals surface area contributed by atoms with E-state index in [0.29, 0.717) is 5.56 Å². The Morgan fingerprint density at radius 1 is 1.35 bits per heavy atom. The molecule has 1 heterocycles. The number of hydrogen-bond acceptors (Lipinski definition) is 5. The number of hydrogen-bond donors (Lipinski definition) is 1. The number of rotatable bonds is 4. The van der Waals surface area contributed by atoms with E-state index in [-0.39, 0.29) is 22.7 Å². The SMILES string of the molecule is Cc1ccc(Oc2cnccc2C(=O)O)c([N+](=O)[O-])c1. The first-order chi connectivity index (χ1) is 9.49. The third-order valence-electron chi connectivity index (χ3n) is 2.55. The minimum atomic E-state index is -1.20. The molecule has 0 saturated carbocycles. The number of nitrogens with zero attached hydrogens (tertiary/aromatic N) is 2. The second kappa shape index (κ2) is 5.35. The smallest absolute Gasteiger partial charge is 0.339 e. The lowest BCUT2D eigenvalue weighted by atomic mass is 10.2. The maximum atomic E-state index is 11.0. The highest BCUT2D eigenvalue weighted by molar-refractivity contribution is 5.90. The summed E-state index contributed by atoms with van der Waals surface area (Å²) in [5, 5.41) is 20.0. The number of aryl methyl sites for hydroxylation is 1. The van der Waals surface area contributed by atoms with E-state index in [1.165, 1.54) is 30.6 Å². The zero-order valence-corrected chi connectivity index (χ0v) is 10.4. The van der Waals surface area contributed by atoms with Crippen molar-refractivity contribution in [1.29, 1.82) is 0 Å². The second-order valence-corrected chi connectivity index (χ2v) is 4.01. The monoisotopic (exact) mass is 274 g/mol. The number of aromatic nitrogens is 1. The molecular weight excluding hydrogens is 264 g/mol. The van der Waals surface area contributed by atoms with Crippen molar-refractivity contribution in [2.24, 2.45) is 0 Å². The molecule has 7 nitrogen and oxygen atoms in total. The van der Waals surface area contributed by atoms with Gasteiger partial charge in [-0.1, -0.05) is 6.07 Å². The molecule has 0 bridgehead atoms. The van der Waals surface area contributed by atoms with Gasteiger partial charge >= 0.3 is 11.7 Å². The van der Waals surface area contributed by atoms with Gasteiger partial charge in [0.05, 0.1) is 11.1 Å². The molecule has 0 atom stereocenters. The Morgan fingerprint density at radius 2 is 2.10 bits per heavy atom. The number of nitro groups is 1. The number of benzene rings is 1. The van der Waals surface area contributed by atoms with E-state index in [2.05, 4.69) is 4.98 Å². The molecule has 2 aromatic rings. The van der Waals surface area contributed by atoms with E-state index in [4.69, 9.17) is 9.84 Å². The molecule has 1 aromatic heterocycles. The molecule has 0 aliphatic carbocycles. The Balaban J connectivity index is 2.45. The molecule has 0 amide bonds. The zero-order valence-electron chi connectivity index (χ0n) is 10.4. The van der Waals surface area contributed by atoms with Gasteiger partial charge in [0.25, 0.3) is 0 Å². The zero-order chi connectivity index (χ0) is 14.7. The van der Waals surface area contributed by atoms with Crippen LogP contribution in [0.4, 0.5) is 5.69 Å². The molecule has 0 radical (unpaired) electrons. The first-order valence-electron chi connectivity index (χ1n) is 5.59. The summed E-state index contributed by atoms with van der Waals surface area (Å²) in [6, 6.07) is 5.68. The van der Waals surface area contributed by atoms with Gasteiger partial charge in [0, 0.05) is 12.3 Å². The lowest BCUT2D eigenvalue weighted by Crippen LogP contribution is -2.01. The fourth-order valence-corrected chi connectivity index (χ4v) is 1.61. The van der Waals surface area contributed by atoms with Crippen LogP contribution < -0.4 is 4.74 Å². The first-order valence-corrected chi connectivity index (χ1v) is 5.59. The Labute approximate surface area is 113 Å². The highest BCUT2D eigenvalue weighted by atomic mass is 16.6. The average molecular weight is 274 g/mol. The molecule has 1 N–H and O–H groups in total. The molecule has 0 aliphatic rings. The van der Waals surface area contributed by atoms with Crippen LogP contribution in [-0.4, -0.2) is 21.0 Å². The maximum absolute atomic E-state index is 11.0. The van der Waals surface area contributed by atoms with Crippen molar-refractivity contribution in [3.05, 3.63) is 57.9 Å². The van der Waals surface area contributed by atoms with Gasteiger partial charge in [-0.05, 0) is 24.6 Å². The number of carboxylic acid groups (broad SMARTS) is 1. The standard InChI is InChI=1S/C13H10N2O5/c1-8-2-3-11(10(6-8)15(18)19)20-12-7-14-5-4-9(12)13(16)17/h2-7H,1H3,(H,16,17). The van der Waals surface area contributed by atoms with Crippen LogP contribution in [0, 0.1) is 17.0 Å². The van der Waals surface area contributed by atoms with Crippen molar-refractivity contribution >= 4 is 11.7 Å². The van der Waals surface area contributed by atoms with Gasteiger partial charge in [-0.25, -0.2) is 4.79 Å². The third kappa shape index (κ3) is 2.72. The normalized spacial score (nSPS) is 10.1. The second-order valence-electron chi connectivity index (χ2n) is 4.01. The van der Waals surface area contributed by atoms with E-state index in [1.54, 1.807) is 13.0 Å². The highest BCUT2D eigenvalue weighted by Gasteiger charge is 2.19. The number of carbonyl (C=O) groups is 1. The Bertz CT molecular complexity index is 684. The van der Waals surface area contributed by atoms with E-state index >= 15 is 0 Å². The molecule has 0 fully saturated rings. The summed E-state index contributed by atoms with van der Waals surface area (Å²) in [6.07, 6.45) is 2.51. The van der Waals surface area contributed by atoms with Crippen LogP contribution in [0.25, 0.3) is 0 Å². The largest absolute Gasteiger partial charge is 0.478 e. The van der Waals surface area contributed by atoms with Crippen LogP contribution in [0.2, 0.25) is 0 Å². The van der Waals surface area contributed by atoms with Gasteiger partial charge in [0.1, 0.15) is 5.56 Å². The number of ether oxygens (including phenoxy) is 1. The Morgan fingerprint density at radius 3 is 2.75 bits per heavy atom. The number of aromatic carboxylic acids is 1. The number of carboxylic acids is 1. The van der Waals surface area contributed by atoms with Gasteiger partial charge in [-0.3, -0.25) is 15.1 Å². The van der Waals surface area contributed by atoms with Crippen LogP contribution in [0.3, 0.4) is 0 Å². The molecule has 102 valence electrons. The molecule has 0 spiro atoms. The van der Waals surface area contributed by atoms with Crippen molar-refractivity contribution in [3.8, 4) is 11.5 Å². The van der Waals surface area contributed by atoms with Crippen LogP contribution in [0.5, 0.6) is 11.5 Å². The fourth-order valence-electron chi connectivity index (χ4n) is 1.61. The summed E-state index contributed by atoms with van der Waals surface area (Å²) in [4.78, 5) is 25.2.